The topological polar surface area (TPSA) is 179 Å². The molecule has 2 aromatic carbocycles. The lowest BCUT2D eigenvalue weighted by molar-refractivity contribution is 0.810. The summed E-state index contributed by atoms with van der Waals surface area (Å²) in [5, 5.41) is 0. The minimum absolute atomic E-state index is 0. The van der Waals surface area contributed by atoms with Crippen molar-refractivity contribution in [2.75, 3.05) is 0 Å². The number of hydrogen-bond donors (Lipinski definition) is 3. The zero-order chi connectivity index (χ0) is 65.3. The van der Waals surface area contributed by atoms with Crippen molar-refractivity contribution in [1.82, 2.24) is 90.1 Å². The average Bonchev–Trinajstić information content (AvgIpc) is 1.83. The molecule has 3 N–H and O–H groups in total. The molecule has 2 aliphatic rings. The SMILES string of the molecule is C.C.C.Cc1[nH]cc2c1nc1ccccn12.Cc1c2c(cn1C)nc1ccccn12.Cc1cc2c(nc3ccccn32)[nH]1.Cc1cc2nc3ccccn3c2[nH]1.Cc1nc2c(n1C)-c1ccccc1C2.Cc1nc2c(n1C)Cc1ccccc1-2.Cc1nc2cc3ccccn3c2n1C. The minimum Gasteiger partial charge on any atom is -0.362 e. The molecule has 19 nitrogen and oxygen atoms in total. The zero-order valence-electron chi connectivity index (χ0n) is 55.1. The van der Waals surface area contributed by atoms with Gasteiger partial charge in [-0.1, -0.05) is 101 Å². The molecule has 19 heteroatoms. The highest BCUT2D eigenvalue weighted by atomic mass is 15.1. The fraction of sp³-hybridized carbons (Fsp3) is 0.203. The van der Waals surface area contributed by atoms with Crippen molar-refractivity contribution < 1.29 is 0 Å². The second kappa shape index (κ2) is 26.7. The Labute approximate surface area is 569 Å². The van der Waals surface area contributed by atoms with E-state index in [1.807, 2.05) is 152 Å². The van der Waals surface area contributed by atoms with Crippen LogP contribution in [0.25, 0.3) is 106 Å². The first-order valence-electron chi connectivity index (χ1n) is 31.9. The molecule has 0 atom stereocenters. The quantitative estimate of drug-likeness (QED) is 0.135. The number of aromatic nitrogens is 19. The number of nitrogens with one attached hydrogen (secondary N) is 3. The Morgan fingerprint density at radius 3 is 1.69 bits per heavy atom. The molecule has 0 saturated carbocycles. The van der Waals surface area contributed by atoms with Crippen LogP contribution in [0.3, 0.4) is 0 Å². The number of pyridine rings is 5. The standard InChI is InChI=1S/2C12H12N2.2C11H11N3.3C10H9N3.3CH4/c1-8-13-12-10-6-4-3-5-9(10)7-11(12)14(8)2;1-8-13-11-7-9-5-3-4-6-10(9)12(11)14(8)2;1-8-11-9(7-13(8)2)12-10-5-3-4-6-14(10)11;1-8-12-10-7-9-5-3-4-6-14(9)11(10)13(8)2;1-7-10-8(6-11-7)13-5-3-2-4-9(13)12-10;1-7-6-8-10(11-7)12-9-4-2-3-5-13(8)9;1-7-6-8-10(11-7)13-5-3-2-4-9(13)12-8;;;/h2*3-6H,7H2,1-2H3;2*3-7H,1-2H3;3*2-6,11H,1H3;3*1H4. The summed E-state index contributed by atoms with van der Waals surface area (Å²) in [5.41, 5.74) is 31.3. The van der Waals surface area contributed by atoms with Crippen LogP contribution in [0, 0.1) is 48.5 Å². The van der Waals surface area contributed by atoms with Gasteiger partial charge < -0.3 is 37.6 Å². The highest BCUT2D eigenvalue weighted by molar-refractivity contribution is 5.85. The normalized spacial score (nSPS) is 11.5. The number of aromatic amines is 3. The molecule has 0 saturated heterocycles. The minimum atomic E-state index is 0. The first kappa shape index (κ1) is 66.0. The second-order valence-electron chi connectivity index (χ2n) is 24.5. The Balaban J connectivity index is 0.000000108. The van der Waals surface area contributed by atoms with Crippen LogP contribution in [-0.4, -0.2) is 90.1 Å². The molecule has 0 unspecified atom stereocenters. The summed E-state index contributed by atoms with van der Waals surface area (Å²) in [5.74, 6) is 3.25. The van der Waals surface area contributed by atoms with Gasteiger partial charge in [-0.15, -0.1) is 0 Å². The number of fused-ring (bicyclic) bond motifs is 21. The Hall–Kier alpha value is -12.0. The van der Waals surface area contributed by atoms with E-state index in [4.69, 9.17) is 0 Å². The lowest BCUT2D eigenvalue weighted by Crippen LogP contribution is -1.97. The lowest BCUT2D eigenvalue weighted by atomic mass is 10.1. The molecule has 98 heavy (non-hydrogen) atoms. The van der Waals surface area contributed by atoms with Crippen molar-refractivity contribution in [2.24, 2.45) is 28.2 Å². The van der Waals surface area contributed by atoms with Crippen LogP contribution in [0.15, 0.2) is 201 Å². The number of hydrogen-bond acceptors (Lipinski definition) is 7. The van der Waals surface area contributed by atoms with E-state index in [-0.39, 0.29) is 22.3 Å². The Morgan fingerprint density at radius 1 is 0.429 bits per heavy atom. The zero-order valence-corrected chi connectivity index (χ0v) is 55.1. The third-order valence-corrected chi connectivity index (χ3v) is 18.4. The van der Waals surface area contributed by atoms with E-state index in [2.05, 4.69) is 216 Å². The van der Waals surface area contributed by atoms with Gasteiger partial charge in [0.2, 0.25) is 0 Å². The molecule has 19 aromatic rings. The predicted octanol–water partition coefficient (Wildman–Crippen LogP) is 17.1. The number of aryl methyl sites for hydroxylation is 9. The first-order valence-corrected chi connectivity index (χ1v) is 31.9. The van der Waals surface area contributed by atoms with Gasteiger partial charge in [-0.05, 0) is 138 Å². The number of nitrogens with zero attached hydrogens (tertiary/aromatic N) is 16. The molecular formula is C79H85N19. The molecule has 17 heterocycles. The number of H-pyrrole nitrogens is 3. The van der Waals surface area contributed by atoms with Gasteiger partial charge in [0.1, 0.15) is 73.4 Å². The molecule has 0 fully saturated rings. The third-order valence-electron chi connectivity index (χ3n) is 18.4. The maximum absolute atomic E-state index is 4.60. The van der Waals surface area contributed by atoms with Crippen molar-refractivity contribution in [1.29, 1.82) is 0 Å². The van der Waals surface area contributed by atoms with Gasteiger partial charge in [-0.2, -0.15) is 0 Å². The molecule has 0 amide bonds. The summed E-state index contributed by atoms with van der Waals surface area (Å²) in [4.78, 5) is 41.3. The summed E-state index contributed by atoms with van der Waals surface area (Å²) in [6.45, 7) is 14.4. The van der Waals surface area contributed by atoms with E-state index in [0.29, 0.717) is 0 Å². The molecular weight excluding hydrogens is 1220 g/mol. The summed E-state index contributed by atoms with van der Waals surface area (Å²) >= 11 is 0. The van der Waals surface area contributed by atoms with Crippen molar-refractivity contribution in [3.05, 3.63) is 264 Å². The largest absolute Gasteiger partial charge is 0.362 e. The van der Waals surface area contributed by atoms with E-state index in [0.717, 1.165) is 120 Å². The Kier molecular flexibility index (Phi) is 18.0. The van der Waals surface area contributed by atoms with Crippen LogP contribution in [0.1, 0.15) is 85.0 Å². The lowest BCUT2D eigenvalue weighted by Gasteiger charge is -2.03. The van der Waals surface area contributed by atoms with E-state index in [9.17, 15) is 0 Å². The van der Waals surface area contributed by atoms with E-state index in [1.165, 1.54) is 61.8 Å². The molecule has 21 rings (SSSR count). The summed E-state index contributed by atoms with van der Waals surface area (Å²) in [7, 11) is 8.27. The maximum Gasteiger partial charge on any atom is 0.157 e. The van der Waals surface area contributed by atoms with Crippen molar-refractivity contribution in [3.8, 4) is 22.5 Å². The maximum atomic E-state index is 4.60. The monoisotopic (exact) mass is 1300 g/mol. The van der Waals surface area contributed by atoms with Gasteiger partial charge in [0.05, 0.1) is 33.6 Å². The van der Waals surface area contributed by atoms with E-state index >= 15 is 0 Å². The Bertz CT molecular complexity index is 5800. The molecule has 0 spiro atoms. The highest BCUT2D eigenvalue weighted by Crippen LogP contribution is 2.37. The fourth-order valence-corrected chi connectivity index (χ4v) is 13.2. The van der Waals surface area contributed by atoms with Crippen molar-refractivity contribution >= 4 is 83.7 Å². The molecule has 0 radical (unpaired) electrons. The first-order chi connectivity index (χ1) is 46.1. The van der Waals surface area contributed by atoms with Gasteiger partial charge in [-0.3, -0.25) is 17.6 Å². The number of rotatable bonds is 0. The number of imidazole rings is 7. The van der Waals surface area contributed by atoms with Crippen LogP contribution < -0.4 is 0 Å². The Morgan fingerprint density at radius 2 is 0.980 bits per heavy atom. The summed E-state index contributed by atoms with van der Waals surface area (Å²) < 4.78 is 19.1. The number of benzene rings is 2. The second-order valence-corrected chi connectivity index (χ2v) is 24.5. The third kappa shape index (κ3) is 11.7. The molecule has 0 bridgehead atoms. The summed E-state index contributed by atoms with van der Waals surface area (Å²) in [6, 6.07) is 53.6. The molecule has 496 valence electrons. The van der Waals surface area contributed by atoms with Crippen LogP contribution in [0.4, 0.5) is 0 Å². The van der Waals surface area contributed by atoms with Crippen LogP contribution in [0.5, 0.6) is 0 Å². The molecule has 0 aliphatic heterocycles. The van der Waals surface area contributed by atoms with Crippen molar-refractivity contribution in [2.45, 2.75) is 83.6 Å². The smallest absolute Gasteiger partial charge is 0.157 e. The van der Waals surface area contributed by atoms with Gasteiger partial charge in [-0.25, -0.2) is 34.9 Å². The van der Waals surface area contributed by atoms with Gasteiger partial charge in [0.15, 0.2) is 5.65 Å². The van der Waals surface area contributed by atoms with Gasteiger partial charge in [0.25, 0.3) is 0 Å². The van der Waals surface area contributed by atoms with Crippen molar-refractivity contribution in [3.63, 3.8) is 0 Å². The van der Waals surface area contributed by atoms with E-state index < -0.39 is 0 Å². The average molecular weight is 1300 g/mol. The van der Waals surface area contributed by atoms with Crippen LogP contribution in [-0.2, 0) is 41.0 Å². The molecule has 2 aliphatic carbocycles. The van der Waals surface area contributed by atoms with Gasteiger partial charge in [0, 0.05) is 130 Å². The highest BCUT2D eigenvalue weighted by Gasteiger charge is 2.25. The van der Waals surface area contributed by atoms with E-state index in [1.54, 1.807) is 0 Å². The van der Waals surface area contributed by atoms with Crippen LogP contribution in [0.2, 0.25) is 0 Å². The predicted molar refractivity (Wildman–Crippen MR) is 401 cm³/mol. The van der Waals surface area contributed by atoms with Crippen LogP contribution >= 0.6 is 0 Å². The molecule has 17 aromatic heterocycles. The fourth-order valence-electron chi connectivity index (χ4n) is 13.2. The van der Waals surface area contributed by atoms with Gasteiger partial charge >= 0.3 is 0 Å². The summed E-state index contributed by atoms with van der Waals surface area (Å²) in [6.07, 6.45) is 16.3.